The summed E-state index contributed by atoms with van der Waals surface area (Å²) in [6, 6.07) is 5.94. The summed E-state index contributed by atoms with van der Waals surface area (Å²) in [5.41, 5.74) is 1.35. The van der Waals surface area contributed by atoms with Gasteiger partial charge in [-0.2, -0.15) is 0 Å². The van der Waals surface area contributed by atoms with Gasteiger partial charge >= 0.3 is 0 Å². The minimum atomic E-state index is 0.460. The molecule has 5 nitrogen and oxygen atoms in total. The van der Waals surface area contributed by atoms with Crippen LogP contribution in [0.2, 0.25) is 0 Å². The SMILES string of the molecule is O=Cc1cccc2nnc(CC3CCCN3)n12. The molecule has 0 amide bonds. The average Bonchev–Trinajstić information content (AvgIpc) is 2.99. The zero-order valence-electron chi connectivity index (χ0n) is 9.47. The van der Waals surface area contributed by atoms with Gasteiger partial charge in [-0.1, -0.05) is 6.07 Å². The molecule has 0 radical (unpaired) electrons. The second-order valence-corrected chi connectivity index (χ2v) is 4.38. The van der Waals surface area contributed by atoms with E-state index in [1.54, 1.807) is 6.07 Å². The van der Waals surface area contributed by atoms with Gasteiger partial charge in [-0.3, -0.25) is 9.20 Å². The van der Waals surface area contributed by atoms with Crippen LogP contribution in [0.15, 0.2) is 18.2 Å². The molecule has 1 fully saturated rings. The molecule has 3 heterocycles. The lowest BCUT2D eigenvalue weighted by molar-refractivity contribution is 0.111. The van der Waals surface area contributed by atoms with Crippen molar-refractivity contribution in [2.75, 3.05) is 6.54 Å². The maximum atomic E-state index is 11.0. The highest BCUT2D eigenvalue weighted by atomic mass is 16.1. The Morgan fingerprint density at radius 1 is 1.47 bits per heavy atom. The Morgan fingerprint density at radius 3 is 3.18 bits per heavy atom. The molecular weight excluding hydrogens is 216 g/mol. The standard InChI is InChI=1S/C12H14N4O/c17-8-10-4-1-5-11-14-15-12(16(10)11)7-9-3-2-6-13-9/h1,4-5,8-9,13H,2-3,6-7H2. The summed E-state index contributed by atoms with van der Waals surface area (Å²) in [5.74, 6) is 0.863. The van der Waals surface area contributed by atoms with Gasteiger partial charge in [0.25, 0.3) is 0 Å². The van der Waals surface area contributed by atoms with Gasteiger partial charge in [0.15, 0.2) is 11.9 Å². The van der Waals surface area contributed by atoms with Crippen molar-refractivity contribution in [2.45, 2.75) is 25.3 Å². The van der Waals surface area contributed by atoms with Crippen molar-refractivity contribution >= 4 is 11.9 Å². The molecule has 2 aromatic rings. The molecule has 1 aliphatic heterocycles. The van der Waals surface area contributed by atoms with E-state index >= 15 is 0 Å². The fourth-order valence-corrected chi connectivity index (χ4v) is 2.40. The van der Waals surface area contributed by atoms with Crippen LogP contribution in [0.1, 0.15) is 29.2 Å². The lowest BCUT2D eigenvalue weighted by Crippen LogP contribution is -2.24. The molecule has 1 aliphatic rings. The molecular formula is C12H14N4O. The highest BCUT2D eigenvalue weighted by molar-refractivity contribution is 5.73. The third kappa shape index (κ3) is 1.82. The molecule has 17 heavy (non-hydrogen) atoms. The number of hydrogen-bond donors (Lipinski definition) is 1. The summed E-state index contributed by atoms with van der Waals surface area (Å²) in [4.78, 5) is 11.0. The Morgan fingerprint density at radius 2 is 2.41 bits per heavy atom. The Balaban J connectivity index is 2.00. The molecule has 2 aromatic heterocycles. The van der Waals surface area contributed by atoms with Crippen LogP contribution < -0.4 is 5.32 Å². The van der Waals surface area contributed by atoms with E-state index in [-0.39, 0.29) is 0 Å². The third-order valence-electron chi connectivity index (χ3n) is 3.24. The van der Waals surface area contributed by atoms with Crippen LogP contribution in [0.5, 0.6) is 0 Å². The van der Waals surface area contributed by atoms with E-state index in [2.05, 4.69) is 15.5 Å². The summed E-state index contributed by atoms with van der Waals surface area (Å²) in [6.45, 7) is 1.07. The number of nitrogens with one attached hydrogen (secondary N) is 1. The summed E-state index contributed by atoms with van der Waals surface area (Å²) in [7, 11) is 0. The molecule has 1 N–H and O–H groups in total. The normalized spacial score (nSPS) is 19.9. The lowest BCUT2D eigenvalue weighted by Gasteiger charge is -2.08. The van der Waals surface area contributed by atoms with Gasteiger partial charge in [0, 0.05) is 12.5 Å². The van der Waals surface area contributed by atoms with Gasteiger partial charge in [-0.25, -0.2) is 0 Å². The zero-order valence-corrected chi connectivity index (χ0v) is 9.47. The van der Waals surface area contributed by atoms with Gasteiger partial charge in [0.1, 0.15) is 5.82 Å². The number of nitrogens with zero attached hydrogens (tertiary/aromatic N) is 3. The molecule has 0 aromatic carbocycles. The fourth-order valence-electron chi connectivity index (χ4n) is 2.40. The predicted molar refractivity (Wildman–Crippen MR) is 63.1 cm³/mol. The largest absolute Gasteiger partial charge is 0.314 e. The maximum Gasteiger partial charge on any atom is 0.166 e. The van der Waals surface area contributed by atoms with Gasteiger partial charge in [0.2, 0.25) is 0 Å². The summed E-state index contributed by atoms with van der Waals surface area (Å²) >= 11 is 0. The highest BCUT2D eigenvalue weighted by Crippen LogP contribution is 2.13. The third-order valence-corrected chi connectivity index (χ3v) is 3.24. The lowest BCUT2D eigenvalue weighted by atomic mass is 10.1. The Bertz CT molecular complexity index is 542. The van der Waals surface area contributed by atoms with Crippen LogP contribution in [-0.2, 0) is 6.42 Å². The molecule has 0 spiro atoms. The second kappa shape index (κ2) is 4.25. The van der Waals surface area contributed by atoms with Crippen molar-refractivity contribution in [2.24, 2.45) is 0 Å². The molecule has 1 unspecified atom stereocenters. The van der Waals surface area contributed by atoms with Crippen LogP contribution in [0, 0.1) is 0 Å². The number of aldehydes is 1. The molecule has 1 saturated heterocycles. The first kappa shape index (κ1) is 10.4. The molecule has 3 rings (SSSR count). The average molecular weight is 230 g/mol. The van der Waals surface area contributed by atoms with E-state index < -0.39 is 0 Å². The van der Waals surface area contributed by atoms with Gasteiger partial charge in [0.05, 0.1) is 5.69 Å². The minimum absolute atomic E-state index is 0.460. The van der Waals surface area contributed by atoms with E-state index in [9.17, 15) is 4.79 Å². The van der Waals surface area contributed by atoms with Crippen molar-refractivity contribution in [1.29, 1.82) is 0 Å². The minimum Gasteiger partial charge on any atom is -0.314 e. The van der Waals surface area contributed by atoms with Gasteiger partial charge in [-0.15, -0.1) is 10.2 Å². The summed E-state index contributed by atoms with van der Waals surface area (Å²) < 4.78 is 1.84. The Hall–Kier alpha value is -1.75. The second-order valence-electron chi connectivity index (χ2n) is 4.38. The first-order chi connectivity index (χ1) is 8.38. The van der Waals surface area contributed by atoms with Crippen molar-refractivity contribution in [3.63, 3.8) is 0 Å². The number of carbonyl (C=O) groups is 1. The quantitative estimate of drug-likeness (QED) is 0.794. The Kier molecular flexibility index (Phi) is 2.60. The van der Waals surface area contributed by atoms with E-state index in [1.807, 2.05) is 16.5 Å². The summed E-state index contributed by atoms with van der Waals surface area (Å²) in [6.07, 6.45) is 4.05. The number of carbonyl (C=O) groups excluding carboxylic acids is 1. The molecule has 0 bridgehead atoms. The maximum absolute atomic E-state index is 11.0. The van der Waals surface area contributed by atoms with Crippen molar-refractivity contribution in [3.05, 3.63) is 29.7 Å². The van der Waals surface area contributed by atoms with Gasteiger partial charge < -0.3 is 5.32 Å². The van der Waals surface area contributed by atoms with E-state index in [0.717, 1.165) is 37.1 Å². The number of aromatic nitrogens is 3. The molecule has 88 valence electrons. The molecule has 0 aliphatic carbocycles. The monoisotopic (exact) mass is 230 g/mol. The van der Waals surface area contributed by atoms with E-state index in [4.69, 9.17) is 0 Å². The van der Waals surface area contributed by atoms with Crippen molar-refractivity contribution < 1.29 is 4.79 Å². The number of pyridine rings is 1. The highest BCUT2D eigenvalue weighted by Gasteiger charge is 2.18. The van der Waals surface area contributed by atoms with E-state index in [1.165, 1.54) is 6.42 Å². The van der Waals surface area contributed by atoms with Crippen LogP contribution in [0.3, 0.4) is 0 Å². The summed E-state index contributed by atoms with van der Waals surface area (Å²) in [5, 5.41) is 11.7. The fraction of sp³-hybridized carbons (Fsp3) is 0.417. The molecule has 0 saturated carbocycles. The van der Waals surface area contributed by atoms with Crippen molar-refractivity contribution in [3.8, 4) is 0 Å². The molecule has 1 atom stereocenters. The first-order valence-electron chi connectivity index (χ1n) is 5.90. The first-order valence-corrected chi connectivity index (χ1v) is 5.90. The van der Waals surface area contributed by atoms with Crippen LogP contribution in [-0.4, -0.2) is 33.5 Å². The topological polar surface area (TPSA) is 59.3 Å². The van der Waals surface area contributed by atoms with Gasteiger partial charge in [-0.05, 0) is 31.5 Å². The number of hydrogen-bond acceptors (Lipinski definition) is 4. The zero-order chi connectivity index (χ0) is 11.7. The molecule has 5 heteroatoms. The smallest absolute Gasteiger partial charge is 0.166 e. The van der Waals surface area contributed by atoms with Crippen LogP contribution in [0.4, 0.5) is 0 Å². The predicted octanol–water partition coefficient (Wildman–Crippen LogP) is 0.836. The van der Waals surface area contributed by atoms with E-state index in [0.29, 0.717) is 11.7 Å². The van der Waals surface area contributed by atoms with Crippen LogP contribution in [0.25, 0.3) is 5.65 Å². The number of rotatable bonds is 3. The van der Waals surface area contributed by atoms with Crippen LogP contribution >= 0.6 is 0 Å². The van der Waals surface area contributed by atoms with Crippen molar-refractivity contribution in [1.82, 2.24) is 19.9 Å². The number of fused-ring (bicyclic) bond motifs is 1. The Labute approximate surface area is 98.9 Å².